The van der Waals surface area contributed by atoms with Gasteiger partial charge in [0.1, 0.15) is 0 Å². The van der Waals surface area contributed by atoms with E-state index in [0.717, 1.165) is 48.9 Å². The zero-order chi connectivity index (χ0) is 19.1. The molecule has 0 spiro atoms. The minimum Gasteiger partial charge on any atom is -0.356 e. The van der Waals surface area contributed by atoms with E-state index in [2.05, 4.69) is 26.7 Å². The average molecular weight is 390 g/mol. The van der Waals surface area contributed by atoms with Gasteiger partial charge >= 0.3 is 0 Å². The Hall–Kier alpha value is -2.34. The third-order valence-corrected chi connectivity index (χ3v) is 5.03. The molecule has 1 aliphatic rings. The molecule has 2 heterocycles. The molecule has 1 saturated heterocycles. The number of benzene rings is 1. The molecule has 7 heteroatoms. The molecule has 0 aliphatic carbocycles. The molecule has 0 saturated carbocycles. The number of aliphatic imine (C=N–C) groups is 1. The molecule has 5 nitrogen and oxygen atoms in total. The fourth-order valence-corrected chi connectivity index (χ4v) is 3.49. The first kappa shape index (κ1) is 19.4. The Balaban J connectivity index is 1.43. The Morgan fingerprint density at radius 2 is 2.19 bits per heavy atom. The highest BCUT2D eigenvalue weighted by atomic mass is 35.5. The van der Waals surface area contributed by atoms with Crippen LogP contribution in [-0.2, 0) is 6.42 Å². The maximum atomic E-state index is 13.9. The zero-order valence-corrected chi connectivity index (χ0v) is 16.2. The van der Waals surface area contributed by atoms with Gasteiger partial charge in [0.2, 0.25) is 0 Å². The molecule has 27 heavy (non-hydrogen) atoms. The predicted octanol–water partition coefficient (Wildman–Crippen LogP) is 3.25. The van der Waals surface area contributed by atoms with E-state index >= 15 is 0 Å². The normalized spacial score (nSPS) is 17.2. The summed E-state index contributed by atoms with van der Waals surface area (Å²) >= 11 is 6.19. The number of aryl methyl sites for hydroxylation is 1. The SMILES string of the molecule is CN=C(NCCCc1ccccc1Cl)NC1CCN(c2ncccc2F)C1. The van der Waals surface area contributed by atoms with Gasteiger partial charge in [-0.1, -0.05) is 29.8 Å². The Bertz CT molecular complexity index is 782. The smallest absolute Gasteiger partial charge is 0.191 e. The lowest BCUT2D eigenvalue weighted by molar-refractivity contribution is 0.612. The van der Waals surface area contributed by atoms with Crippen molar-refractivity contribution < 1.29 is 4.39 Å². The van der Waals surface area contributed by atoms with Crippen molar-refractivity contribution in [2.45, 2.75) is 25.3 Å². The van der Waals surface area contributed by atoms with Crippen molar-refractivity contribution in [1.82, 2.24) is 15.6 Å². The van der Waals surface area contributed by atoms with Crippen LogP contribution in [-0.4, -0.2) is 43.7 Å². The Kier molecular flexibility index (Phi) is 6.87. The minimum atomic E-state index is -0.278. The fourth-order valence-electron chi connectivity index (χ4n) is 3.26. The van der Waals surface area contributed by atoms with E-state index in [0.29, 0.717) is 12.4 Å². The third-order valence-electron chi connectivity index (χ3n) is 4.66. The van der Waals surface area contributed by atoms with Gasteiger partial charge in [-0.3, -0.25) is 4.99 Å². The number of hydrogen-bond acceptors (Lipinski definition) is 3. The fraction of sp³-hybridized carbons (Fsp3) is 0.400. The Morgan fingerprint density at radius 3 is 2.96 bits per heavy atom. The van der Waals surface area contributed by atoms with Crippen molar-refractivity contribution in [2.24, 2.45) is 4.99 Å². The first-order valence-electron chi connectivity index (χ1n) is 9.23. The number of nitrogens with zero attached hydrogens (tertiary/aromatic N) is 3. The summed E-state index contributed by atoms with van der Waals surface area (Å²) in [5.41, 5.74) is 1.16. The van der Waals surface area contributed by atoms with Crippen molar-refractivity contribution in [3.63, 3.8) is 0 Å². The molecule has 2 N–H and O–H groups in total. The topological polar surface area (TPSA) is 52.6 Å². The average Bonchev–Trinajstić information content (AvgIpc) is 3.14. The highest BCUT2D eigenvalue weighted by Crippen LogP contribution is 2.20. The number of guanidine groups is 1. The number of hydrogen-bond donors (Lipinski definition) is 2. The lowest BCUT2D eigenvalue weighted by Crippen LogP contribution is -2.45. The molecule has 3 rings (SSSR count). The van der Waals surface area contributed by atoms with Gasteiger partial charge in [0.05, 0.1) is 0 Å². The number of anilines is 1. The standard InChI is InChI=1S/C20H25ClFN5/c1-23-20(25-12-4-7-15-6-2-3-8-17(15)21)26-16-10-13-27(14-16)19-18(22)9-5-11-24-19/h2-3,5-6,8-9,11,16H,4,7,10,12-14H2,1H3,(H2,23,25,26). The van der Waals surface area contributed by atoms with Crippen molar-refractivity contribution in [3.8, 4) is 0 Å². The van der Waals surface area contributed by atoms with E-state index in [1.54, 1.807) is 19.3 Å². The molecule has 1 unspecified atom stereocenters. The van der Waals surface area contributed by atoms with Gasteiger partial charge in [-0.2, -0.15) is 0 Å². The minimum absolute atomic E-state index is 0.209. The van der Waals surface area contributed by atoms with E-state index in [4.69, 9.17) is 11.6 Å². The number of halogens is 2. The van der Waals surface area contributed by atoms with Crippen LogP contribution >= 0.6 is 11.6 Å². The van der Waals surface area contributed by atoms with Crippen LogP contribution < -0.4 is 15.5 Å². The van der Waals surface area contributed by atoms with Crippen molar-refractivity contribution >= 4 is 23.4 Å². The quantitative estimate of drug-likeness (QED) is 0.452. The van der Waals surface area contributed by atoms with Crippen LogP contribution in [0.1, 0.15) is 18.4 Å². The number of pyridine rings is 1. The summed E-state index contributed by atoms with van der Waals surface area (Å²) < 4.78 is 13.9. The third kappa shape index (κ3) is 5.32. The molecule has 2 aromatic rings. The highest BCUT2D eigenvalue weighted by Gasteiger charge is 2.25. The molecule has 1 fully saturated rings. The van der Waals surface area contributed by atoms with Gasteiger partial charge in [0.25, 0.3) is 0 Å². The highest BCUT2D eigenvalue weighted by molar-refractivity contribution is 6.31. The van der Waals surface area contributed by atoms with Gasteiger partial charge in [0.15, 0.2) is 17.6 Å². The van der Waals surface area contributed by atoms with Crippen molar-refractivity contribution in [1.29, 1.82) is 0 Å². The molecule has 1 aliphatic heterocycles. The van der Waals surface area contributed by atoms with Crippen LogP contribution in [0.3, 0.4) is 0 Å². The first-order valence-corrected chi connectivity index (χ1v) is 9.61. The second kappa shape index (κ2) is 9.55. The summed E-state index contributed by atoms with van der Waals surface area (Å²) in [5.74, 6) is 0.909. The molecule has 1 aromatic carbocycles. The Labute approximate surface area is 164 Å². The second-order valence-electron chi connectivity index (χ2n) is 6.58. The monoisotopic (exact) mass is 389 g/mol. The largest absolute Gasteiger partial charge is 0.356 e. The van der Waals surface area contributed by atoms with Crippen LogP contribution in [0, 0.1) is 5.82 Å². The van der Waals surface area contributed by atoms with Gasteiger partial charge in [-0.05, 0) is 43.0 Å². The van der Waals surface area contributed by atoms with E-state index in [1.807, 2.05) is 23.1 Å². The van der Waals surface area contributed by atoms with Crippen molar-refractivity contribution in [2.75, 3.05) is 31.6 Å². The lowest BCUT2D eigenvalue weighted by Gasteiger charge is -2.20. The van der Waals surface area contributed by atoms with E-state index in [1.165, 1.54) is 6.07 Å². The molecule has 0 bridgehead atoms. The Morgan fingerprint density at radius 1 is 1.33 bits per heavy atom. The number of aromatic nitrogens is 1. The molecule has 0 radical (unpaired) electrons. The number of nitrogens with one attached hydrogen (secondary N) is 2. The van der Waals surface area contributed by atoms with Crippen LogP contribution in [0.15, 0.2) is 47.6 Å². The van der Waals surface area contributed by atoms with Gasteiger partial charge in [0, 0.05) is 43.9 Å². The maximum absolute atomic E-state index is 13.9. The number of rotatable bonds is 6. The van der Waals surface area contributed by atoms with Crippen LogP contribution in [0.4, 0.5) is 10.2 Å². The summed E-state index contributed by atoms with van der Waals surface area (Å²) in [5, 5.41) is 7.57. The van der Waals surface area contributed by atoms with Gasteiger partial charge in [-0.25, -0.2) is 9.37 Å². The summed E-state index contributed by atoms with van der Waals surface area (Å²) in [7, 11) is 1.76. The summed E-state index contributed by atoms with van der Waals surface area (Å²) in [4.78, 5) is 10.4. The second-order valence-corrected chi connectivity index (χ2v) is 6.99. The van der Waals surface area contributed by atoms with Crippen LogP contribution in [0.5, 0.6) is 0 Å². The molecule has 1 atom stereocenters. The summed E-state index contributed by atoms with van der Waals surface area (Å²) in [6, 6.07) is 11.2. The zero-order valence-electron chi connectivity index (χ0n) is 15.5. The molecular weight excluding hydrogens is 365 g/mol. The van der Waals surface area contributed by atoms with Crippen LogP contribution in [0.2, 0.25) is 5.02 Å². The molecular formula is C20H25ClFN5. The van der Waals surface area contributed by atoms with Gasteiger partial charge in [-0.15, -0.1) is 0 Å². The molecule has 1 aromatic heterocycles. The van der Waals surface area contributed by atoms with E-state index in [-0.39, 0.29) is 11.9 Å². The maximum Gasteiger partial charge on any atom is 0.191 e. The lowest BCUT2D eigenvalue weighted by atomic mass is 10.1. The summed E-state index contributed by atoms with van der Waals surface area (Å²) in [6.07, 6.45) is 4.41. The predicted molar refractivity (Wildman–Crippen MR) is 109 cm³/mol. The van der Waals surface area contributed by atoms with Crippen LogP contribution in [0.25, 0.3) is 0 Å². The van der Waals surface area contributed by atoms with Crippen molar-refractivity contribution in [3.05, 3.63) is 59.0 Å². The first-order chi connectivity index (χ1) is 13.2. The van der Waals surface area contributed by atoms with E-state index in [9.17, 15) is 4.39 Å². The molecule has 0 amide bonds. The van der Waals surface area contributed by atoms with Gasteiger partial charge < -0.3 is 15.5 Å². The molecule has 144 valence electrons. The van der Waals surface area contributed by atoms with E-state index < -0.39 is 0 Å². The summed E-state index contributed by atoms with van der Waals surface area (Å²) in [6.45, 7) is 2.28.